The van der Waals surface area contributed by atoms with E-state index in [1.54, 1.807) is 7.05 Å². The molecule has 0 aliphatic rings. The fourth-order valence-corrected chi connectivity index (χ4v) is 2.42. The molecule has 19 heavy (non-hydrogen) atoms. The summed E-state index contributed by atoms with van der Waals surface area (Å²) < 4.78 is 0.668. The summed E-state index contributed by atoms with van der Waals surface area (Å²) in [6.45, 7) is 0. The van der Waals surface area contributed by atoms with Crippen molar-refractivity contribution in [2.24, 2.45) is 10.7 Å². The van der Waals surface area contributed by atoms with E-state index in [0.717, 1.165) is 16.3 Å². The molecule has 0 aliphatic carbocycles. The molecule has 0 saturated carbocycles. The number of halogens is 1. The van der Waals surface area contributed by atoms with E-state index in [4.69, 9.17) is 5.73 Å². The molecule has 4 heteroatoms. The lowest BCUT2D eigenvalue weighted by Crippen LogP contribution is -2.06. The van der Waals surface area contributed by atoms with E-state index in [0.29, 0.717) is 15.8 Å². The first kappa shape index (κ1) is 13.3. The maximum absolute atomic E-state index is 9.44. The van der Waals surface area contributed by atoms with Gasteiger partial charge < -0.3 is 5.73 Å². The molecule has 0 atom stereocenters. The van der Waals surface area contributed by atoms with Gasteiger partial charge in [0.05, 0.1) is 15.8 Å². The molecular formula is C15H12BrN3. The van der Waals surface area contributed by atoms with E-state index in [-0.39, 0.29) is 0 Å². The molecule has 0 bridgehead atoms. The number of aliphatic imine (C=N–C) groups is 1. The van der Waals surface area contributed by atoms with Crippen molar-refractivity contribution >= 4 is 32.4 Å². The fourth-order valence-electron chi connectivity index (χ4n) is 2.02. The summed E-state index contributed by atoms with van der Waals surface area (Å²) in [5.74, 6) is 0. The summed E-state index contributed by atoms with van der Waals surface area (Å²) in [6, 6.07) is 13.9. The van der Waals surface area contributed by atoms with E-state index in [1.165, 1.54) is 6.20 Å². The van der Waals surface area contributed by atoms with Gasteiger partial charge in [0.15, 0.2) is 0 Å². The third kappa shape index (κ3) is 2.38. The predicted octanol–water partition coefficient (Wildman–Crippen LogP) is 3.33. The molecule has 0 spiro atoms. The summed E-state index contributed by atoms with van der Waals surface area (Å²) >= 11 is 3.36. The number of allylic oxidation sites excluding steroid dienone is 1. The molecule has 2 aromatic carbocycles. The Morgan fingerprint density at radius 2 is 2.05 bits per heavy atom. The van der Waals surface area contributed by atoms with Crippen molar-refractivity contribution in [3.63, 3.8) is 0 Å². The zero-order valence-electron chi connectivity index (χ0n) is 10.4. The van der Waals surface area contributed by atoms with Gasteiger partial charge in [-0.1, -0.05) is 36.4 Å². The average molecular weight is 314 g/mol. The van der Waals surface area contributed by atoms with Gasteiger partial charge in [-0.05, 0) is 21.3 Å². The molecule has 0 fully saturated rings. The van der Waals surface area contributed by atoms with Crippen molar-refractivity contribution in [1.29, 1.82) is 5.26 Å². The van der Waals surface area contributed by atoms with Crippen molar-refractivity contribution in [1.82, 2.24) is 0 Å². The molecule has 3 nitrogen and oxygen atoms in total. The number of fused-ring (bicyclic) bond motifs is 1. The molecule has 0 unspecified atom stereocenters. The summed E-state index contributed by atoms with van der Waals surface area (Å²) in [4.78, 5) is 4.21. The molecule has 0 heterocycles. The lowest BCUT2D eigenvalue weighted by molar-refractivity contribution is 1.42. The third-order valence-corrected chi connectivity index (χ3v) is 3.53. The van der Waals surface area contributed by atoms with Crippen molar-refractivity contribution < 1.29 is 0 Å². The van der Waals surface area contributed by atoms with Crippen LogP contribution in [0.5, 0.6) is 0 Å². The van der Waals surface area contributed by atoms with Crippen molar-refractivity contribution in [3.8, 4) is 6.07 Å². The van der Waals surface area contributed by atoms with Gasteiger partial charge in [-0.3, -0.25) is 4.99 Å². The summed E-state index contributed by atoms with van der Waals surface area (Å²) in [7, 11) is 1.68. The van der Waals surface area contributed by atoms with Gasteiger partial charge in [0, 0.05) is 24.2 Å². The molecular weight excluding hydrogens is 302 g/mol. The Bertz CT molecular complexity index is 724. The highest BCUT2D eigenvalue weighted by atomic mass is 79.9. The maximum Gasteiger partial charge on any atom is 0.100 e. The minimum absolute atomic E-state index is 0.609. The molecule has 0 amide bonds. The largest absolute Gasteiger partial charge is 0.404 e. The highest BCUT2D eigenvalue weighted by Crippen LogP contribution is 2.25. The molecule has 94 valence electrons. The second-order valence-electron chi connectivity index (χ2n) is 3.91. The molecule has 0 aromatic heterocycles. The standard InChI is InChI=1S/C15H12BrN3/c1-19-15(14(16)9-18)12-7-6-10-4-2-3-5-11(10)13(12)8-17/h2-7,9H,18H2,1H3. The number of hydrogen-bond donors (Lipinski definition) is 1. The van der Waals surface area contributed by atoms with Crippen molar-refractivity contribution in [2.45, 2.75) is 0 Å². The van der Waals surface area contributed by atoms with Gasteiger partial charge in [0.2, 0.25) is 0 Å². The topological polar surface area (TPSA) is 62.2 Å². The third-order valence-electron chi connectivity index (χ3n) is 2.89. The minimum atomic E-state index is 0.609. The van der Waals surface area contributed by atoms with E-state index in [1.807, 2.05) is 36.4 Å². The number of hydrogen-bond acceptors (Lipinski definition) is 3. The van der Waals surface area contributed by atoms with Gasteiger partial charge in [-0.2, -0.15) is 5.26 Å². The number of nitrogens with two attached hydrogens (primary N) is 1. The highest BCUT2D eigenvalue weighted by Gasteiger charge is 2.14. The van der Waals surface area contributed by atoms with E-state index in [2.05, 4.69) is 27.0 Å². The van der Waals surface area contributed by atoms with Crippen LogP contribution in [0.2, 0.25) is 0 Å². The normalized spacial score (nSPS) is 12.5. The summed E-state index contributed by atoms with van der Waals surface area (Å²) in [5.41, 5.74) is 7.57. The Morgan fingerprint density at radius 3 is 2.68 bits per heavy atom. The van der Waals surface area contributed by atoms with Crippen LogP contribution in [0.15, 0.2) is 52.1 Å². The van der Waals surface area contributed by atoms with Crippen molar-refractivity contribution in [3.05, 3.63) is 58.2 Å². The summed E-state index contributed by atoms with van der Waals surface area (Å²) in [6.07, 6.45) is 1.43. The zero-order chi connectivity index (χ0) is 13.8. The number of nitriles is 1. The van der Waals surface area contributed by atoms with Crippen LogP contribution < -0.4 is 5.73 Å². The first-order chi connectivity index (χ1) is 9.22. The first-order valence-corrected chi connectivity index (χ1v) is 6.49. The monoisotopic (exact) mass is 313 g/mol. The second kappa shape index (κ2) is 5.68. The van der Waals surface area contributed by atoms with Crippen LogP contribution in [-0.2, 0) is 0 Å². The van der Waals surface area contributed by atoms with Gasteiger partial charge in [-0.25, -0.2) is 0 Å². The van der Waals surface area contributed by atoms with Crippen LogP contribution in [0.3, 0.4) is 0 Å². The molecule has 0 radical (unpaired) electrons. The van der Waals surface area contributed by atoms with Crippen LogP contribution in [0.4, 0.5) is 0 Å². The predicted molar refractivity (Wildman–Crippen MR) is 82.3 cm³/mol. The Kier molecular flexibility index (Phi) is 3.98. The van der Waals surface area contributed by atoms with Gasteiger partial charge in [0.25, 0.3) is 0 Å². The SMILES string of the molecule is CN=C(C(Br)=CN)c1ccc2ccccc2c1C#N. The van der Waals surface area contributed by atoms with Gasteiger partial charge in [-0.15, -0.1) is 0 Å². The Labute approximate surface area is 120 Å². The van der Waals surface area contributed by atoms with E-state index < -0.39 is 0 Å². The number of benzene rings is 2. The lowest BCUT2D eigenvalue weighted by atomic mass is 9.96. The molecule has 2 rings (SSSR count). The average Bonchev–Trinajstić information content (AvgIpc) is 2.47. The highest BCUT2D eigenvalue weighted by molar-refractivity contribution is 9.12. The van der Waals surface area contributed by atoms with Crippen LogP contribution in [0.1, 0.15) is 11.1 Å². The zero-order valence-corrected chi connectivity index (χ0v) is 12.0. The van der Waals surface area contributed by atoms with Crippen LogP contribution >= 0.6 is 15.9 Å². The Balaban J connectivity index is 2.79. The lowest BCUT2D eigenvalue weighted by Gasteiger charge is -2.09. The Hall–Kier alpha value is -2.12. The van der Waals surface area contributed by atoms with Crippen molar-refractivity contribution in [2.75, 3.05) is 7.05 Å². The van der Waals surface area contributed by atoms with Gasteiger partial charge in [0.1, 0.15) is 6.07 Å². The molecule has 0 saturated heterocycles. The van der Waals surface area contributed by atoms with Crippen LogP contribution in [0, 0.1) is 11.3 Å². The van der Waals surface area contributed by atoms with E-state index in [9.17, 15) is 5.26 Å². The minimum Gasteiger partial charge on any atom is -0.404 e. The van der Waals surface area contributed by atoms with Gasteiger partial charge >= 0.3 is 0 Å². The molecule has 0 aliphatic heterocycles. The van der Waals surface area contributed by atoms with E-state index >= 15 is 0 Å². The second-order valence-corrected chi connectivity index (χ2v) is 4.76. The first-order valence-electron chi connectivity index (χ1n) is 5.69. The smallest absolute Gasteiger partial charge is 0.100 e. The maximum atomic E-state index is 9.44. The van der Waals surface area contributed by atoms with Crippen LogP contribution in [-0.4, -0.2) is 12.8 Å². The molecule has 2 N–H and O–H groups in total. The number of rotatable bonds is 2. The Morgan fingerprint density at radius 1 is 1.32 bits per heavy atom. The fraction of sp³-hybridized carbons (Fsp3) is 0.0667. The summed E-state index contributed by atoms with van der Waals surface area (Å²) in [5, 5.41) is 11.4. The quantitative estimate of drug-likeness (QED) is 0.864. The van der Waals surface area contributed by atoms with Crippen LogP contribution in [0.25, 0.3) is 10.8 Å². The number of nitrogens with zero attached hydrogens (tertiary/aromatic N) is 2. The molecule has 2 aromatic rings.